The minimum absolute atomic E-state index is 0. The van der Waals surface area contributed by atoms with Crippen molar-refractivity contribution in [3.63, 3.8) is 0 Å². The Labute approximate surface area is 174 Å². The monoisotopic (exact) mass is 401 g/mol. The maximum Gasteiger partial charge on any atom is 0.0205 e. The van der Waals surface area contributed by atoms with Crippen molar-refractivity contribution in [3.05, 3.63) is 57.8 Å². The number of rotatable bonds is 6. The van der Waals surface area contributed by atoms with E-state index in [1.807, 2.05) is 11.3 Å². The second kappa shape index (κ2) is 7.89. The first-order valence-electron chi connectivity index (χ1n) is 10.5. The molecule has 4 aliphatic carbocycles. The van der Waals surface area contributed by atoms with Gasteiger partial charge in [0.1, 0.15) is 0 Å². The predicted molar refractivity (Wildman–Crippen MR) is 118 cm³/mol. The molecule has 1 N–H and O–H groups in total. The van der Waals surface area contributed by atoms with Crippen molar-refractivity contribution >= 4 is 23.7 Å². The van der Waals surface area contributed by atoms with Gasteiger partial charge in [0.05, 0.1) is 0 Å². The van der Waals surface area contributed by atoms with E-state index >= 15 is 0 Å². The van der Waals surface area contributed by atoms with Crippen LogP contribution in [0.5, 0.6) is 0 Å². The van der Waals surface area contributed by atoms with E-state index < -0.39 is 0 Å². The molecular weight excluding hydrogens is 370 g/mol. The van der Waals surface area contributed by atoms with Crippen LogP contribution in [0.2, 0.25) is 0 Å². The highest BCUT2D eigenvalue weighted by atomic mass is 35.5. The number of hydrogen-bond acceptors (Lipinski definition) is 2. The number of nitrogens with one attached hydrogen (secondary N) is 1. The lowest BCUT2D eigenvalue weighted by atomic mass is 9.44. The number of halogens is 1. The summed E-state index contributed by atoms with van der Waals surface area (Å²) in [6.07, 6.45) is 8.91. The van der Waals surface area contributed by atoms with Gasteiger partial charge in [-0.15, -0.1) is 23.7 Å². The van der Waals surface area contributed by atoms with Crippen LogP contribution in [0.15, 0.2) is 41.8 Å². The van der Waals surface area contributed by atoms with Crippen molar-refractivity contribution < 1.29 is 0 Å². The smallest absolute Gasteiger partial charge is 0.0205 e. The Morgan fingerprint density at radius 3 is 2.44 bits per heavy atom. The molecule has 3 heteroatoms. The molecular formula is C24H32ClNS. The first kappa shape index (κ1) is 19.5. The molecule has 2 aromatic rings. The third-order valence-electron chi connectivity index (χ3n) is 7.56. The maximum atomic E-state index is 3.77. The largest absolute Gasteiger partial charge is 0.313 e. The van der Waals surface area contributed by atoms with Gasteiger partial charge in [0.15, 0.2) is 0 Å². The van der Waals surface area contributed by atoms with Crippen LogP contribution in [0.1, 0.15) is 60.4 Å². The summed E-state index contributed by atoms with van der Waals surface area (Å²) in [7, 11) is 0. The van der Waals surface area contributed by atoms with Crippen molar-refractivity contribution in [2.45, 2.75) is 57.9 Å². The van der Waals surface area contributed by atoms with Crippen molar-refractivity contribution in [3.8, 4) is 0 Å². The van der Waals surface area contributed by atoms with Gasteiger partial charge in [-0.1, -0.05) is 35.9 Å². The number of hydrogen-bond donors (Lipinski definition) is 1. The molecule has 4 aliphatic rings. The molecule has 0 radical (unpaired) electrons. The summed E-state index contributed by atoms with van der Waals surface area (Å²) >= 11 is 2.02. The summed E-state index contributed by atoms with van der Waals surface area (Å²) in [6, 6.07) is 13.7. The van der Waals surface area contributed by atoms with Gasteiger partial charge in [-0.2, -0.15) is 0 Å². The molecule has 0 aliphatic heterocycles. The summed E-state index contributed by atoms with van der Waals surface area (Å²) in [6.45, 7) is 4.34. The maximum absolute atomic E-state index is 3.77. The van der Waals surface area contributed by atoms with Gasteiger partial charge in [0.2, 0.25) is 0 Å². The minimum atomic E-state index is 0. The Morgan fingerprint density at radius 1 is 1.04 bits per heavy atom. The van der Waals surface area contributed by atoms with Crippen LogP contribution in [-0.2, 0) is 6.54 Å². The Kier molecular flexibility index (Phi) is 5.69. The zero-order valence-corrected chi connectivity index (χ0v) is 18.0. The first-order chi connectivity index (χ1) is 12.7. The molecule has 4 saturated carbocycles. The lowest BCUT2D eigenvalue weighted by Gasteiger charge is -2.61. The van der Waals surface area contributed by atoms with Crippen LogP contribution in [-0.4, -0.2) is 6.54 Å². The minimum Gasteiger partial charge on any atom is -0.313 e. The second-order valence-corrected chi connectivity index (χ2v) is 10.4. The summed E-state index contributed by atoms with van der Waals surface area (Å²) in [5.74, 6) is 3.87. The van der Waals surface area contributed by atoms with Gasteiger partial charge in [-0.05, 0) is 92.2 Å². The highest BCUT2D eigenvalue weighted by molar-refractivity contribution is 7.10. The van der Waals surface area contributed by atoms with Gasteiger partial charge in [0.25, 0.3) is 0 Å². The highest BCUT2D eigenvalue weighted by Gasteiger charge is 2.56. The van der Waals surface area contributed by atoms with Crippen molar-refractivity contribution in [1.82, 2.24) is 5.32 Å². The normalized spacial score (nSPS) is 33.8. The molecule has 3 unspecified atom stereocenters. The summed E-state index contributed by atoms with van der Waals surface area (Å²) in [5, 5.41) is 6.06. The molecule has 4 fully saturated rings. The van der Waals surface area contributed by atoms with E-state index in [1.165, 1.54) is 56.2 Å². The zero-order chi connectivity index (χ0) is 17.6. The number of benzene rings is 1. The molecule has 0 saturated heterocycles. The van der Waals surface area contributed by atoms with Crippen molar-refractivity contribution in [2.24, 2.45) is 23.2 Å². The number of thiophene rings is 1. The van der Waals surface area contributed by atoms with E-state index in [0.717, 1.165) is 30.2 Å². The molecule has 1 aromatic heterocycles. The standard InChI is InChI=1S/C24H31NS.ClH/c1-17-4-6-18(7-5-17)16-25-9-8-24-14-19-11-20(15-24)13-21(12-19)23(24)22-3-2-10-26-22;/h2-7,10,19-21,23,25H,8-9,11-16H2,1H3;1H. The molecule has 4 bridgehead atoms. The van der Waals surface area contributed by atoms with Crippen LogP contribution in [0.4, 0.5) is 0 Å². The van der Waals surface area contributed by atoms with Crippen LogP contribution < -0.4 is 5.32 Å². The average molecular weight is 402 g/mol. The van der Waals surface area contributed by atoms with Crippen LogP contribution in [0.3, 0.4) is 0 Å². The molecule has 1 aromatic carbocycles. The first-order valence-corrected chi connectivity index (χ1v) is 11.4. The van der Waals surface area contributed by atoms with Crippen molar-refractivity contribution in [2.75, 3.05) is 6.54 Å². The molecule has 1 nitrogen and oxygen atoms in total. The van der Waals surface area contributed by atoms with E-state index in [2.05, 4.69) is 54.0 Å². The summed E-state index contributed by atoms with van der Waals surface area (Å²) in [5.41, 5.74) is 3.34. The van der Waals surface area contributed by atoms with Crippen LogP contribution in [0.25, 0.3) is 0 Å². The van der Waals surface area contributed by atoms with Gasteiger partial charge in [-0.25, -0.2) is 0 Å². The van der Waals surface area contributed by atoms with Gasteiger partial charge < -0.3 is 5.32 Å². The second-order valence-electron chi connectivity index (χ2n) is 9.38. The fraction of sp³-hybridized carbons (Fsp3) is 0.583. The Morgan fingerprint density at radius 2 is 1.78 bits per heavy atom. The van der Waals surface area contributed by atoms with Crippen LogP contribution in [0, 0.1) is 30.1 Å². The molecule has 3 atom stereocenters. The van der Waals surface area contributed by atoms with E-state index in [4.69, 9.17) is 0 Å². The van der Waals surface area contributed by atoms with Gasteiger partial charge in [0, 0.05) is 17.3 Å². The van der Waals surface area contributed by atoms with E-state index in [1.54, 1.807) is 4.88 Å². The highest BCUT2D eigenvalue weighted by Crippen LogP contribution is 2.67. The summed E-state index contributed by atoms with van der Waals surface area (Å²) in [4.78, 5) is 1.69. The molecule has 1 heterocycles. The summed E-state index contributed by atoms with van der Waals surface area (Å²) < 4.78 is 0. The van der Waals surface area contributed by atoms with Crippen LogP contribution >= 0.6 is 23.7 Å². The fourth-order valence-corrected chi connectivity index (χ4v) is 7.91. The fourth-order valence-electron chi connectivity index (χ4n) is 6.85. The Bertz CT molecular complexity index is 724. The zero-order valence-electron chi connectivity index (χ0n) is 16.3. The van der Waals surface area contributed by atoms with Crippen molar-refractivity contribution in [1.29, 1.82) is 0 Å². The third-order valence-corrected chi connectivity index (χ3v) is 8.51. The Balaban J connectivity index is 0.00000180. The SMILES string of the molecule is Cc1ccc(CNCCC23CC4CC(CC(C4)C2c2cccs2)C3)cc1.Cl. The quantitative estimate of drug-likeness (QED) is 0.540. The molecule has 146 valence electrons. The van der Waals surface area contributed by atoms with E-state index in [9.17, 15) is 0 Å². The van der Waals surface area contributed by atoms with Gasteiger partial charge >= 0.3 is 0 Å². The Hall–Kier alpha value is -0.830. The number of aryl methyl sites for hydroxylation is 1. The molecule has 27 heavy (non-hydrogen) atoms. The molecule has 0 spiro atoms. The van der Waals surface area contributed by atoms with E-state index in [-0.39, 0.29) is 12.4 Å². The van der Waals surface area contributed by atoms with Gasteiger partial charge in [-0.3, -0.25) is 0 Å². The molecule has 6 rings (SSSR count). The average Bonchev–Trinajstić information content (AvgIpc) is 3.13. The molecule has 0 amide bonds. The predicted octanol–water partition coefficient (Wildman–Crippen LogP) is 6.57. The van der Waals surface area contributed by atoms with E-state index in [0.29, 0.717) is 5.41 Å². The third kappa shape index (κ3) is 3.73. The topological polar surface area (TPSA) is 12.0 Å². The lowest BCUT2D eigenvalue weighted by Crippen LogP contribution is -2.52. The lowest BCUT2D eigenvalue weighted by molar-refractivity contribution is -0.0785.